The first kappa shape index (κ1) is 24.4. The van der Waals surface area contributed by atoms with Gasteiger partial charge in [0.25, 0.3) is 5.91 Å². The number of methoxy groups -OCH3 is 3. The van der Waals surface area contributed by atoms with Crippen LogP contribution in [0.2, 0.25) is 0 Å². The molecule has 0 saturated carbocycles. The molecule has 2 aromatic rings. The van der Waals surface area contributed by atoms with Crippen LogP contribution in [-0.2, 0) is 22.3 Å². The van der Waals surface area contributed by atoms with Crippen LogP contribution >= 0.6 is 0 Å². The van der Waals surface area contributed by atoms with E-state index in [1.54, 1.807) is 32.4 Å². The van der Waals surface area contributed by atoms with Gasteiger partial charge in [-0.25, -0.2) is 0 Å². The summed E-state index contributed by atoms with van der Waals surface area (Å²) in [5, 5.41) is 2.80. The van der Waals surface area contributed by atoms with Gasteiger partial charge in [0.15, 0.2) is 0 Å². The molecule has 0 aliphatic carbocycles. The number of benzene rings is 2. The minimum absolute atomic E-state index is 0.102. The topological polar surface area (TPSA) is 77.1 Å². The van der Waals surface area contributed by atoms with Crippen molar-refractivity contribution in [1.82, 2.24) is 10.2 Å². The minimum atomic E-state index is -4.48. The van der Waals surface area contributed by atoms with Gasteiger partial charge < -0.3 is 19.5 Å². The van der Waals surface area contributed by atoms with Crippen molar-refractivity contribution in [3.63, 3.8) is 0 Å². The fraction of sp³-hybridized carbons (Fsp3) is 0.391. The summed E-state index contributed by atoms with van der Waals surface area (Å²) in [5.74, 6) is 0.296. The Morgan fingerprint density at radius 1 is 1.06 bits per heavy atom. The lowest BCUT2D eigenvalue weighted by atomic mass is 10.1. The molecular weight excluding hydrogens is 441 g/mol. The van der Waals surface area contributed by atoms with E-state index in [1.807, 2.05) is 4.90 Å². The summed E-state index contributed by atoms with van der Waals surface area (Å²) >= 11 is 0. The molecule has 0 spiro atoms. The van der Waals surface area contributed by atoms with Crippen molar-refractivity contribution in [3.05, 3.63) is 59.2 Å². The average Bonchev–Trinajstić information content (AvgIpc) is 3.19. The van der Waals surface area contributed by atoms with Crippen LogP contribution in [-0.4, -0.2) is 56.7 Å². The molecule has 10 heteroatoms. The standard InChI is InChI=1S/C23H25F3N2O5/c1-31-18-8-9-20(32-2)15(10-18)12-28-13-17(11-19(28)22(30)33-3)27-21(29)14-4-6-16(7-5-14)23(24,25)26/h4-10,17,19H,11-13H2,1-3H3,(H,27,29)/t17-,19+/m1/s1. The number of rotatable bonds is 7. The number of likely N-dealkylation sites (tertiary alicyclic amines) is 1. The molecule has 1 N–H and O–H groups in total. The number of esters is 1. The van der Waals surface area contributed by atoms with E-state index in [0.29, 0.717) is 31.0 Å². The van der Waals surface area contributed by atoms with E-state index in [9.17, 15) is 22.8 Å². The lowest BCUT2D eigenvalue weighted by Crippen LogP contribution is -2.37. The molecule has 1 saturated heterocycles. The molecule has 33 heavy (non-hydrogen) atoms. The van der Waals surface area contributed by atoms with E-state index in [-0.39, 0.29) is 5.56 Å². The lowest BCUT2D eigenvalue weighted by Gasteiger charge is -2.23. The predicted octanol–water partition coefficient (Wildman–Crippen LogP) is 3.27. The van der Waals surface area contributed by atoms with Crippen molar-refractivity contribution in [2.24, 2.45) is 0 Å². The zero-order valence-electron chi connectivity index (χ0n) is 18.4. The Balaban J connectivity index is 1.74. The second kappa shape index (κ2) is 10.1. The van der Waals surface area contributed by atoms with Crippen molar-refractivity contribution in [3.8, 4) is 11.5 Å². The molecule has 0 aromatic heterocycles. The highest BCUT2D eigenvalue weighted by atomic mass is 19.4. The number of hydrogen-bond acceptors (Lipinski definition) is 6. The molecule has 178 valence electrons. The van der Waals surface area contributed by atoms with Crippen molar-refractivity contribution in [2.45, 2.75) is 31.2 Å². The molecule has 1 aliphatic rings. The van der Waals surface area contributed by atoms with E-state index in [0.717, 1.165) is 29.8 Å². The largest absolute Gasteiger partial charge is 0.497 e. The number of alkyl halides is 3. The van der Waals surface area contributed by atoms with Crippen molar-refractivity contribution < 1.29 is 37.0 Å². The smallest absolute Gasteiger partial charge is 0.416 e. The van der Waals surface area contributed by atoms with Crippen LogP contribution in [0.25, 0.3) is 0 Å². The van der Waals surface area contributed by atoms with E-state index in [1.165, 1.54) is 7.11 Å². The number of nitrogens with zero attached hydrogens (tertiary/aromatic N) is 1. The Labute approximate surface area is 189 Å². The maximum Gasteiger partial charge on any atom is 0.416 e. The zero-order chi connectivity index (χ0) is 24.2. The number of halogens is 3. The molecule has 1 amide bonds. The third-order valence-corrected chi connectivity index (χ3v) is 5.55. The summed E-state index contributed by atoms with van der Waals surface area (Å²) in [5.41, 5.74) is 0.0649. The summed E-state index contributed by atoms with van der Waals surface area (Å²) in [4.78, 5) is 26.8. The number of amides is 1. The van der Waals surface area contributed by atoms with Crippen LogP contribution in [0, 0.1) is 0 Å². The third-order valence-electron chi connectivity index (χ3n) is 5.55. The van der Waals surface area contributed by atoms with Crippen LogP contribution in [0.3, 0.4) is 0 Å². The lowest BCUT2D eigenvalue weighted by molar-refractivity contribution is -0.146. The fourth-order valence-corrected chi connectivity index (χ4v) is 3.87. The first-order chi connectivity index (χ1) is 15.7. The molecule has 0 unspecified atom stereocenters. The Hall–Kier alpha value is -3.27. The maximum absolute atomic E-state index is 12.8. The van der Waals surface area contributed by atoms with Gasteiger partial charge in [0, 0.05) is 30.3 Å². The van der Waals surface area contributed by atoms with E-state index in [2.05, 4.69) is 5.32 Å². The van der Waals surface area contributed by atoms with Crippen LogP contribution in [0.5, 0.6) is 11.5 Å². The highest BCUT2D eigenvalue weighted by Crippen LogP contribution is 2.30. The fourth-order valence-electron chi connectivity index (χ4n) is 3.87. The number of nitrogens with one attached hydrogen (secondary N) is 1. The number of ether oxygens (including phenoxy) is 3. The first-order valence-corrected chi connectivity index (χ1v) is 10.2. The molecule has 1 heterocycles. The molecular formula is C23H25F3N2O5. The third kappa shape index (κ3) is 5.75. The average molecular weight is 466 g/mol. The summed E-state index contributed by atoms with van der Waals surface area (Å²) in [6.07, 6.45) is -4.18. The van der Waals surface area contributed by atoms with E-state index >= 15 is 0 Å². The quantitative estimate of drug-likeness (QED) is 0.632. The van der Waals surface area contributed by atoms with Gasteiger partial charge in [-0.2, -0.15) is 13.2 Å². The summed E-state index contributed by atoms with van der Waals surface area (Å²) in [6.45, 7) is 0.680. The Bertz CT molecular complexity index is 995. The molecule has 0 bridgehead atoms. The van der Waals surface area contributed by atoms with Gasteiger partial charge in [0.1, 0.15) is 17.5 Å². The second-order valence-electron chi connectivity index (χ2n) is 7.63. The van der Waals surface area contributed by atoms with Gasteiger partial charge in [-0.1, -0.05) is 0 Å². The van der Waals surface area contributed by atoms with Gasteiger partial charge in [0.2, 0.25) is 0 Å². The molecule has 3 rings (SSSR count). The van der Waals surface area contributed by atoms with E-state index < -0.39 is 35.7 Å². The maximum atomic E-state index is 12.8. The first-order valence-electron chi connectivity index (χ1n) is 10.2. The van der Waals surface area contributed by atoms with Crippen LogP contribution in [0.1, 0.15) is 27.9 Å². The Morgan fingerprint density at radius 3 is 2.33 bits per heavy atom. The van der Waals surface area contributed by atoms with Crippen LogP contribution < -0.4 is 14.8 Å². The molecule has 2 atom stereocenters. The van der Waals surface area contributed by atoms with Crippen molar-refractivity contribution in [1.29, 1.82) is 0 Å². The van der Waals surface area contributed by atoms with Crippen molar-refractivity contribution >= 4 is 11.9 Å². The van der Waals surface area contributed by atoms with Gasteiger partial charge in [0.05, 0.1) is 26.9 Å². The van der Waals surface area contributed by atoms with Gasteiger partial charge in [-0.05, 0) is 48.9 Å². The second-order valence-corrected chi connectivity index (χ2v) is 7.63. The highest BCUT2D eigenvalue weighted by molar-refractivity contribution is 5.94. The molecule has 1 fully saturated rings. The molecule has 7 nitrogen and oxygen atoms in total. The van der Waals surface area contributed by atoms with Crippen LogP contribution in [0.4, 0.5) is 13.2 Å². The molecule has 2 aromatic carbocycles. The van der Waals surface area contributed by atoms with Gasteiger partial charge >= 0.3 is 12.1 Å². The zero-order valence-corrected chi connectivity index (χ0v) is 18.4. The Kier molecular flexibility index (Phi) is 7.47. The Morgan fingerprint density at radius 2 is 1.76 bits per heavy atom. The monoisotopic (exact) mass is 466 g/mol. The van der Waals surface area contributed by atoms with Gasteiger partial charge in [-0.15, -0.1) is 0 Å². The normalized spacial score (nSPS) is 18.6. The SMILES string of the molecule is COC(=O)[C@@H]1C[C@@H](NC(=O)c2ccc(C(F)(F)F)cc2)CN1Cc1cc(OC)ccc1OC. The summed E-state index contributed by atoms with van der Waals surface area (Å²) in [7, 11) is 4.38. The number of carbonyl (C=O) groups excluding carboxylic acids is 2. The number of hydrogen-bond donors (Lipinski definition) is 1. The summed E-state index contributed by atoms with van der Waals surface area (Å²) in [6, 6.07) is 8.31. The molecule has 0 radical (unpaired) electrons. The summed E-state index contributed by atoms with van der Waals surface area (Å²) < 4.78 is 53.9. The predicted molar refractivity (Wildman–Crippen MR) is 113 cm³/mol. The minimum Gasteiger partial charge on any atom is -0.497 e. The number of carbonyl (C=O) groups is 2. The van der Waals surface area contributed by atoms with Crippen LogP contribution in [0.15, 0.2) is 42.5 Å². The molecule has 1 aliphatic heterocycles. The van der Waals surface area contributed by atoms with Gasteiger partial charge in [-0.3, -0.25) is 14.5 Å². The highest BCUT2D eigenvalue weighted by Gasteiger charge is 2.38. The van der Waals surface area contributed by atoms with Crippen molar-refractivity contribution in [2.75, 3.05) is 27.9 Å². The van der Waals surface area contributed by atoms with E-state index in [4.69, 9.17) is 14.2 Å².